The van der Waals surface area contributed by atoms with Gasteiger partial charge in [0.15, 0.2) is 0 Å². The Morgan fingerprint density at radius 1 is 0.354 bits per heavy atom. The van der Waals surface area contributed by atoms with Crippen molar-refractivity contribution < 1.29 is 213 Å². The number of methoxy groups -OCH3 is 4. The number of ketones is 1. The zero-order valence-corrected chi connectivity index (χ0v) is 93.0. The summed E-state index contributed by atoms with van der Waals surface area (Å²) in [5, 5.41) is 61.1. The van der Waals surface area contributed by atoms with Gasteiger partial charge >= 0.3 is 41.8 Å². The smallest absolute Gasteiger partial charge is 0.316 e. The Hall–Kier alpha value is -5.13. The highest BCUT2D eigenvalue weighted by Crippen LogP contribution is 2.58. The number of carboxylic acid groups (broad SMARTS) is 1. The number of aliphatic hydroxyl groups is 6. The summed E-state index contributed by atoms with van der Waals surface area (Å²) in [5.74, 6) is -9.12. The van der Waals surface area contributed by atoms with Gasteiger partial charge in [0, 0.05) is 52.3 Å². The first-order valence-electron chi connectivity index (χ1n) is 51.7. The summed E-state index contributed by atoms with van der Waals surface area (Å²) < 4.78 is 215. The molecular weight excluding hydrogens is 2040 g/mol. The van der Waals surface area contributed by atoms with Crippen LogP contribution in [-0.4, -0.2) is 479 Å². The highest BCUT2D eigenvalue weighted by Gasteiger charge is 2.64. The van der Waals surface area contributed by atoms with E-state index < -0.39 is 152 Å². The maximum absolute atomic E-state index is 11.9. The second-order valence-electron chi connectivity index (χ2n) is 42.2. The topological polar surface area (TPSA) is 666 Å². The van der Waals surface area contributed by atoms with Crippen molar-refractivity contribution in [3.8, 4) is 0 Å². The molecule has 0 radical (unpaired) electrons. The lowest BCUT2D eigenvalue weighted by atomic mass is 9.79. The van der Waals surface area contributed by atoms with Crippen LogP contribution < -0.4 is 0 Å². The lowest BCUT2D eigenvalue weighted by molar-refractivity contribution is -0.929. The highest BCUT2D eigenvalue weighted by molar-refractivity contribution is 7.86. The average Bonchev–Trinajstić information content (AvgIpc) is 1.56. The number of unbranched alkanes of at least 4 members (excludes halogenated alkanes) is 1. The Morgan fingerprint density at radius 2 is 0.735 bits per heavy atom. The third-order valence-electron chi connectivity index (χ3n) is 29.2. The Bertz CT molecular complexity index is 4260. The van der Waals surface area contributed by atoms with Gasteiger partial charge in [-0.15, -0.1) is 0 Å². The Labute approximate surface area is 872 Å². The predicted octanol–water partition coefficient (Wildman–Crippen LogP) is 1.66. The number of carbonyl (C=O) groups excluding carboxylic acids is 7. The van der Waals surface area contributed by atoms with Crippen molar-refractivity contribution in [1.82, 2.24) is 0 Å². The van der Waals surface area contributed by atoms with Crippen LogP contribution in [0.4, 0.5) is 0 Å². The standard InChI is InChI=1S/C12H28NO4.C12H20O7S.C11H14O7S.C11H18O5S.2C9H20N.2C9H14O6S.2C7H18NO3/c1-14-9-5-13(6-10-15-2,7-11-16-3)8-12-17-4;13-11(14)9-5-1-2-6-10(9)12(15)19-7-3-4-8-20(16,17)18;12-10(17-1-2-19(14,15)16)8-5-3-6-7(4-5)18-11(13)9(6)8;12-11(16-4-1-5-17(13,14)15)10-7-8-2-3-9(10)6-8;2*1-10(2,3)9-7-5-4-6-8-9;10-9(14-3-4-16(11,12)13)7-5-6-1-2-8(7)15-6;10-8-4-2-1-3-7(8)9(11)15-5-6-16(12,13)14;2*1-8(2-5-9,3-6-10)4-7-11/h5-12H2,1-4H3;9-10H,1-8H2,(H,13,14)(H,16,17,18);5-9H,1-4H2,(H,14,15,16);8-10H,1-7H2,(H,13,14,15);2*9H,4-8H2,1-3H3;6-8H,1-5H2,(H,11,12,13);7H,1-6H2,(H,12,13,14);2*9-11H,2-7H2,1H3/q+1;;;;2*+1;;;2*+1/p-5. The van der Waals surface area contributed by atoms with E-state index in [-0.39, 0.29) is 138 Å². The van der Waals surface area contributed by atoms with Crippen LogP contribution in [0, 0.1) is 65.1 Å². The number of esters is 6. The molecule has 0 aromatic heterocycles. The minimum absolute atomic E-state index is 0.0111. The number of quaternary nitrogens is 5. The molecule has 3 heterocycles. The molecular formula is C96H179N5O41S5. The van der Waals surface area contributed by atoms with Crippen LogP contribution in [0.15, 0.2) is 0 Å². The van der Waals surface area contributed by atoms with Crippen molar-refractivity contribution in [2.45, 2.75) is 223 Å². The van der Waals surface area contributed by atoms with Gasteiger partial charge < -0.3 is 133 Å². The molecule has 14 atom stereocenters. The summed E-state index contributed by atoms with van der Waals surface area (Å²) in [4.78, 5) is 92.3. The van der Waals surface area contributed by atoms with Crippen LogP contribution in [0.5, 0.6) is 0 Å². The van der Waals surface area contributed by atoms with Crippen molar-refractivity contribution in [2.75, 3.05) is 278 Å². The third-order valence-corrected chi connectivity index (χ3v) is 32.8. The minimum atomic E-state index is -4.39. The molecule has 11 rings (SSSR count). The fraction of sp³-hybridized carbons (Fsp3) is 0.917. The first-order valence-corrected chi connectivity index (χ1v) is 59.6. The molecule has 0 amide bonds. The highest BCUT2D eigenvalue weighted by atomic mass is 32.2. The largest absolute Gasteiger partial charge is 0.748 e. The van der Waals surface area contributed by atoms with Crippen LogP contribution in [0.2, 0.25) is 0 Å². The van der Waals surface area contributed by atoms with Gasteiger partial charge in [-0.05, 0) is 165 Å². The van der Waals surface area contributed by atoms with Crippen LogP contribution in [-0.2, 0) is 141 Å². The van der Waals surface area contributed by atoms with E-state index in [1.807, 2.05) is 14.1 Å². The Morgan fingerprint density at radius 3 is 1.10 bits per heavy atom. The quantitative estimate of drug-likeness (QED) is 0.0114. The molecule has 3 saturated heterocycles. The normalized spacial score (nSPS) is 24.2. The van der Waals surface area contributed by atoms with Gasteiger partial charge in [0.1, 0.15) is 103 Å². The van der Waals surface area contributed by atoms with Gasteiger partial charge in [-0.2, -0.15) is 0 Å². The van der Waals surface area contributed by atoms with Crippen molar-refractivity contribution >= 4 is 98.2 Å². The number of nitrogens with zero attached hydrogens (tertiary/aromatic N) is 5. The number of likely N-dealkylation sites (N-methyl/N-ethyl adjacent to an activating group) is 2. The number of ether oxygens (including phenoxy) is 11. The number of hydrogen-bond acceptors (Lipinski definition) is 40. The van der Waals surface area contributed by atoms with Gasteiger partial charge in [-0.1, -0.05) is 38.5 Å². The van der Waals surface area contributed by atoms with Crippen LogP contribution in [0.3, 0.4) is 0 Å². The third kappa shape index (κ3) is 57.8. The number of carboxylic acids is 1. The average molecular weight is 2220 g/mol. The summed E-state index contributed by atoms with van der Waals surface area (Å²) >= 11 is 0. The van der Waals surface area contributed by atoms with Crippen LogP contribution >= 0.6 is 0 Å². The summed E-state index contributed by atoms with van der Waals surface area (Å²) in [6.45, 7) is 9.67. The van der Waals surface area contributed by atoms with Gasteiger partial charge in [0.25, 0.3) is 0 Å². The molecule has 51 heteroatoms. The molecule has 11 aliphatic rings. The number of hydrogen-bond donors (Lipinski definition) is 7. The molecule has 14 unspecified atom stereocenters. The molecule has 3 aliphatic heterocycles. The molecule has 0 aromatic rings. The van der Waals surface area contributed by atoms with Crippen molar-refractivity contribution in [1.29, 1.82) is 0 Å². The molecule has 8 saturated carbocycles. The fourth-order valence-corrected chi connectivity index (χ4v) is 22.4. The second-order valence-corrected chi connectivity index (χ2v) is 49.8. The summed E-state index contributed by atoms with van der Waals surface area (Å²) in [7, 11) is 3.13. The molecule has 0 spiro atoms. The molecule has 147 heavy (non-hydrogen) atoms. The Balaban J connectivity index is 0.000000556. The number of carbonyl (C=O) groups is 8. The van der Waals surface area contributed by atoms with Gasteiger partial charge in [-0.25, -0.2) is 42.1 Å². The molecule has 46 nitrogen and oxygen atoms in total. The molecule has 7 N–H and O–H groups in total. The molecule has 0 aromatic carbocycles. The minimum Gasteiger partial charge on any atom is -0.748 e. The lowest BCUT2D eigenvalue weighted by Crippen LogP contribution is -2.55. The van der Waals surface area contributed by atoms with Crippen molar-refractivity contribution in [2.24, 2.45) is 65.1 Å². The molecule has 11 fully saturated rings. The van der Waals surface area contributed by atoms with Gasteiger partial charge in [0.2, 0.25) is 0 Å². The molecule has 864 valence electrons. The van der Waals surface area contributed by atoms with Crippen molar-refractivity contribution in [3.05, 3.63) is 0 Å². The molecule has 6 bridgehead atoms. The summed E-state index contributed by atoms with van der Waals surface area (Å²) in [6, 6.07) is 1.88. The van der Waals surface area contributed by atoms with E-state index in [2.05, 4.69) is 47.0 Å². The van der Waals surface area contributed by atoms with Gasteiger partial charge in [0.05, 0.1) is 263 Å². The zero-order chi connectivity index (χ0) is 111. The van der Waals surface area contributed by atoms with Crippen LogP contribution in [0.25, 0.3) is 0 Å². The van der Waals surface area contributed by atoms with Crippen LogP contribution in [0.1, 0.15) is 193 Å². The zero-order valence-electron chi connectivity index (χ0n) is 89.0. The first kappa shape index (κ1) is 138. The van der Waals surface area contributed by atoms with E-state index in [0.717, 1.165) is 133 Å². The fourth-order valence-electron chi connectivity index (χ4n) is 20.5. The maximum atomic E-state index is 11.9. The number of rotatable bonds is 50. The predicted molar refractivity (Wildman–Crippen MR) is 531 cm³/mol. The number of aliphatic hydroxyl groups excluding tert-OH is 6. The van der Waals surface area contributed by atoms with E-state index in [9.17, 15) is 103 Å². The Kier molecular flexibility index (Phi) is 66.0. The van der Waals surface area contributed by atoms with E-state index in [4.69, 9.17) is 83.1 Å². The number of fused-ring (bicyclic) bond motifs is 5. The van der Waals surface area contributed by atoms with E-state index in [1.165, 1.54) is 79.6 Å². The van der Waals surface area contributed by atoms with Gasteiger partial charge in [-0.3, -0.25) is 38.4 Å². The van der Waals surface area contributed by atoms with E-state index >= 15 is 0 Å². The summed E-state index contributed by atoms with van der Waals surface area (Å²) in [5.41, 5.74) is 0. The maximum Gasteiger partial charge on any atom is 0.316 e. The first-order chi connectivity index (χ1) is 68.8. The lowest BCUT2D eigenvalue weighted by Gasteiger charge is -2.38. The number of Topliss-reactive ketones (excluding diaryl/α,β-unsaturated/α-hetero) is 1. The number of aliphatic carboxylic acids is 1. The van der Waals surface area contributed by atoms with E-state index in [0.29, 0.717) is 98.6 Å². The molecule has 8 aliphatic carbocycles. The van der Waals surface area contributed by atoms with Crippen molar-refractivity contribution in [3.63, 3.8) is 0 Å². The second kappa shape index (κ2) is 70.4. The summed E-state index contributed by atoms with van der Waals surface area (Å²) in [6.07, 6.45) is 28.3. The van der Waals surface area contributed by atoms with E-state index in [1.54, 1.807) is 28.4 Å². The SMILES string of the molecule is COCC[N+](CCOC)(CCOC)CCOC.C[N+](C)(C)C1CCCCC1.C[N+](C)(C)C1CCCCC1.C[N+](CCO)(CCO)CCO.C[N+](CCO)(CCO)CCO.O=C(O)C1CCCCC1C(=O)OCCCCS(=O)(=O)[O-].O=C(OCCCS(=O)(=O)[O-])C1CC2CCC1C2.O=C(OCCS(=O)(=O)[O-])C1C2CC3OC(=O)C1C3C2.O=C(OCCS(=O)(=O)[O-])C1CC2CCC1O2.O=C1CCCCC1C(=O)OCCS(=O)(=O)[O-]. The monoisotopic (exact) mass is 2220 g/mol.